The lowest BCUT2D eigenvalue weighted by Gasteiger charge is -2.34. The van der Waals surface area contributed by atoms with Gasteiger partial charge in [0.1, 0.15) is 0 Å². The summed E-state index contributed by atoms with van der Waals surface area (Å²) in [4.78, 5) is 0. The number of halogens is 1. The Labute approximate surface area is 129 Å². The lowest BCUT2D eigenvalue weighted by atomic mass is 9.83. The van der Waals surface area contributed by atoms with Crippen molar-refractivity contribution in [2.45, 2.75) is 18.6 Å². The van der Waals surface area contributed by atoms with Crippen molar-refractivity contribution in [2.24, 2.45) is 5.73 Å². The number of ether oxygens (including phenoxy) is 1. The molecule has 21 heavy (non-hydrogen) atoms. The smallest absolute Gasteiger partial charge is 0.161 e. The van der Waals surface area contributed by atoms with E-state index in [-0.39, 0.29) is 35.9 Å². The highest BCUT2D eigenvalue weighted by Gasteiger charge is 2.33. The molecule has 1 aliphatic heterocycles. The lowest BCUT2D eigenvalue weighted by molar-refractivity contribution is 0.00695. The van der Waals surface area contributed by atoms with E-state index >= 15 is 0 Å². The minimum absolute atomic E-state index is 0. The molecule has 1 heterocycles. The molecular weight excluding hydrogens is 290 g/mol. The van der Waals surface area contributed by atoms with Gasteiger partial charge in [-0.15, -0.1) is 12.4 Å². The molecule has 2 aromatic rings. The van der Waals surface area contributed by atoms with E-state index in [1.165, 1.54) is 6.07 Å². The number of nitrogens with two attached hydrogens (primary N) is 1. The van der Waals surface area contributed by atoms with Crippen molar-refractivity contribution in [3.63, 3.8) is 0 Å². The van der Waals surface area contributed by atoms with Crippen LogP contribution in [-0.2, 0) is 11.3 Å². The number of phenolic OH excluding ortho intramolecular Hbond substituents is 2. The molecule has 1 aliphatic rings. The van der Waals surface area contributed by atoms with Crippen LogP contribution in [0.5, 0.6) is 11.5 Å². The van der Waals surface area contributed by atoms with E-state index in [2.05, 4.69) is 0 Å². The summed E-state index contributed by atoms with van der Waals surface area (Å²) >= 11 is 0. The SMILES string of the molecule is Cl.NC[C@H]1c2c(ccc(O)c2O)CO[C@H]1c1ccccc1. The van der Waals surface area contributed by atoms with Gasteiger partial charge < -0.3 is 20.7 Å². The highest BCUT2D eigenvalue weighted by molar-refractivity contribution is 5.85. The molecule has 0 bridgehead atoms. The molecule has 2 atom stereocenters. The molecule has 112 valence electrons. The number of phenols is 2. The van der Waals surface area contributed by atoms with Crippen LogP contribution in [0, 0.1) is 0 Å². The van der Waals surface area contributed by atoms with Gasteiger partial charge in [0, 0.05) is 18.0 Å². The van der Waals surface area contributed by atoms with Gasteiger partial charge in [0.05, 0.1) is 12.7 Å². The highest BCUT2D eigenvalue weighted by atomic mass is 35.5. The second-order valence-corrected chi connectivity index (χ2v) is 4.99. The summed E-state index contributed by atoms with van der Waals surface area (Å²) in [5.41, 5.74) is 8.50. The number of benzene rings is 2. The van der Waals surface area contributed by atoms with Gasteiger partial charge in [-0.3, -0.25) is 0 Å². The van der Waals surface area contributed by atoms with Crippen LogP contribution in [0.25, 0.3) is 0 Å². The third kappa shape index (κ3) is 2.70. The van der Waals surface area contributed by atoms with Crippen molar-refractivity contribution in [1.29, 1.82) is 0 Å². The van der Waals surface area contributed by atoms with Gasteiger partial charge in [-0.05, 0) is 17.2 Å². The molecule has 0 amide bonds. The van der Waals surface area contributed by atoms with Gasteiger partial charge in [0.2, 0.25) is 0 Å². The molecule has 4 N–H and O–H groups in total. The summed E-state index contributed by atoms with van der Waals surface area (Å²) in [6.07, 6.45) is -0.207. The van der Waals surface area contributed by atoms with Gasteiger partial charge in [-0.25, -0.2) is 0 Å². The van der Waals surface area contributed by atoms with Crippen LogP contribution in [0.15, 0.2) is 42.5 Å². The summed E-state index contributed by atoms with van der Waals surface area (Å²) in [5.74, 6) is -0.369. The highest BCUT2D eigenvalue weighted by Crippen LogP contribution is 2.46. The van der Waals surface area contributed by atoms with Crippen LogP contribution in [0.1, 0.15) is 28.7 Å². The first-order valence-electron chi connectivity index (χ1n) is 6.62. The summed E-state index contributed by atoms with van der Waals surface area (Å²) in [5, 5.41) is 19.9. The quantitative estimate of drug-likeness (QED) is 0.746. The van der Waals surface area contributed by atoms with Crippen LogP contribution < -0.4 is 5.73 Å². The molecule has 3 rings (SSSR count). The van der Waals surface area contributed by atoms with E-state index < -0.39 is 0 Å². The Morgan fingerprint density at radius 3 is 2.48 bits per heavy atom. The topological polar surface area (TPSA) is 75.7 Å². The maximum Gasteiger partial charge on any atom is 0.161 e. The average molecular weight is 308 g/mol. The fourth-order valence-electron chi connectivity index (χ4n) is 2.84. The molecule has 2 aromatic carbocycles. The van der Waals surface area contributed by atoms with Gasteiger partial charge in [-0.2, -0.15) is 0 Å². The molecule has 5 heteroatoms. The van der Waals surface area contributed by atoms with Crippen molar-refractivity contribution < 1.29 is 14.9 Å². The van der Waals surface area contributed by atoms with Crippen LogP contribution >= 0.6 is 12.4 Å². The molecular formula is C16H18ClNO3. The molecule has 0 unspecified atom stereocenters. The predicted octanol–water partition coefficient (Wildman–Crippen LogP) is 2.83. The van der Waals surface area contributed by atoms with E-state index in [9.17, 15) is 10.2 Å². The summed E-state index contributed by atoms with van der Waals surface area (Å²) in [6, 6.07) is 13.1. The molecule has 0 fully saturated rings. The second-order valence-electron chi connectivity index (χ2n) is 4.99. The Hall–Kier alpha value is -1.75. The largest absolute Gasteiger partial charge is 0.504 e. The number of rotatable bonds is 2. The van der Waals surface area contributed by atoms with E-state index in [0.717, 1.165) is 11.1 Å². The Morgan fingerprint density at radius 1 is 1.10 bits per heavy atom. The van der Waals surface area contributed by atoms with Crippen LogP contribution in [-0.4, -0.2) is 16.8 Å². The number of fused-ring (bicyclic) bond motifs is 1. The predicted molar refractivity (Wildman–Crippen MR) is 82.8 cm³/mol. The molecule has 0 saturated heterocycles. The van der Waals surface area contributed by atoms with Crippen molar-refractivity contribution in [3.8, 4) is 11.5 Å². The molecule has 4 nitrogen and oxygen atoms in total. The minimum Gasteiger partial charge on any atom is -0.504 e. The average Bonchev–Trinajstić information content (AvgIpc) is 2.50. The maximum absolute atomic E-state index is 10.1. The van der Waals surface area contributed by atoms with E-state index in [4.69, 9.17) is 10.5 Å². The molecule has 0 aliphatic carbocycles. The van der Waals surface area contributed by atoms with E-state index in [1.54, 1.807) is 6.07 Å². The molecule has 0 spiro atoms. The first-order chi connectivity index (χ1) is 9.72. The zero-order chi connectivity index (χ0) is 14.1. The standard InChI is InChI=1S/C16H17NO3.ClH/c17-8-12-14-11(6-7-13(18)15(14)19)9-20-16(12)10-4-2-1-3-5-10;/h1-7,12,16,18-19H,8-9,17H2;1H/t12-,16-;/m0./s1. The number of hydrogen-bond donors (Lipinski definition) is 3. The zero-order valence-corrected chi connectivity index (χ0v) is 12.2. The summed E-state index contributed by atoms with van der Waals surface area (Å²) in [7, 11) is 0. The van der Waals surface area contributed by atoms with Crippen molar-refractivity contribution in [1.82, 2.24) is 0 Å². The van der Waals surface area contributed by atoms with Crippen molar-refractivity contribution in [2.75, 3.05) is 6.54 Å². The Bertz CT molecular complexity index is 618. The second kappa shape index (κ2) is 6.35. The van der Waals surface area contributed by atoms with E-state index in [1.807, 2.05) is 30.3 Å². The number of hydrogen-bond acceptors (Lipinski definition) is 4. The summed E-state index contributed by atoms with van der Waals surface area (Å²) in [6.45, 7) is 0.739. The normalized spacial score (nSPS) is 20.4. The monoisotopic (exact) mass is 307 g/mol. The van der Waals surface area contributed by atoms with Crippen LogP contribution in [0.3, 0.4) is 0 Å². The van der Waals surface area contributed by atoms with Crippen molar-refractivity contribution >= 4 is 12.4 Å². The Morgan fingerprint density at radius 2 is 1.81 bits per heavy atom. The molecule has 0 aromatic heterocycles. The molecule has 0 radical (unpaired) electrons. The Kier molecular flexibility index (Phi) is 4.73. The van der Waals surface area contributed by atoms with Gasteiger partial charge in [-0.1, -0.05) is 36.4 Å². The van der Waals surface area contributed by atoms with Crippen LogP contribution in [0.4, 0.5) is 0 Å². The maximum atomic E-state index is 10.1. The van der Waals surface area contributed by atoms with Gasteiger partial charge >= 0.3 is 0 Å². The van der Waals surface area contributed by atoms with Crippen LogP contribution in [0.2, 0.25) is 0 Å². The fraction of sp³-hybridized carbons (Fsp3) is 0.250. The minimum atomic E-state index is -0.207. The van der Waals surface area contributed by atoms with E-state index in [0.29, 0.717) is 18.7 Å². The third-order valence-corrected chi connectivity index (χ3v) is 3.82. The Balaban J connectivity index is 0.00000161. The summed E-state index contributed by atoms with van der Waals surface area (Å²) < 4.78 is 5.92. The molecule has 0 saturated carbocycles. The van der Waals surface area contributed by atoms with Crippen molar-refractivity contribution in [3.05, 3.63) is 59.2 Å². The van der Waals surface area contributed by atoms with Gasteiger partial charge in [0.15, 0.2) is 11.5 Å². The number of aromatic hydroxyl groups is 2. The third-order valence-electron chi connectivity index (χ3n) is 3.82. The van der Waals surface area contributed by atoms with Gasteiger partial charge in [0.25, 0.3) is 0 Å². The first kappa shape index (κ1) is 15.6. The fourth-order valence-corrected chi connectivity index (χ4v) is 2.84. The zero-order valence-electron chi connectivity index (χ0n) is 11.4. The lowest BCUT2D eigenvalue weighted by Crippen LogP contribution is -2.27. The first-order valence-corrected chi connectivity index (χ1v) is 6.62.